The van der Waals surface area contributed by atoms with Gasteiger partial charge in [-0.1, -0.05) is 12.1 Å². The molecular weight excluding hydrogens is 316 g/mol. The van der Waals surface area contributed by atoms with Gasteiger partial charge in [0.2, 0.25) is 5.91 Å². The summed E-state index contributed by atoms with van der Waals surface area (Å²) in [6, 6.07) is 8.08. The summed E-state index contributed by atoms with van der Waals surface area (Å²) in [6.07, 6.45) is 0.161. The van der Waals surface area contributed by atoms with Crippen LogP contribution in [0.1, 0.15) is 33.3 Å². The molecule has 1 heterocycles. The number of ether oxygens (including phenoxy) is 1. The van der Waals surface area contributed by atoms with Gasteiger partial charge in [0.25, 0.3) is 0 Å². The van der Waals surface area contributed by atoms with Gasteiger partial charge in [0, 0.05) is 39.6 Å². The largest absolute Gasteiger partial charge is 0.491 e. The molecule has 6 heteroatoms. The van der Waals surface area contributed by atoms with E-state index in [0.29, 0.717) is 6.54 Å². The second kappa shape index (κ2) is 9.30. The number of aliphatic imine (C=N–C) groups is 1. The molecule has 2 rings (SSSR count). The van der Waals surface area contributed by atoms with E-state index in [9.17, 15) is 4.79 Å². The third-order valence-electron chi connectivity index (χ3n) is 4.04. The molecule has 1 amide bonds. The summed E-state index contributed by atoms with van der Waals surface area (Å²) in [7, 11) is 0. The highest BCUT2D eigenvalue weighted by atomic mass is 16.5. The quantitative estimate of drug-likeness (QED) is 0.655. The fraction of sp³-hybridized carbons (Fsp3) is 0.579. The van der Waals surface area contributed by atoms with Crippen LogP contribution in [0.3, 0.4) is 0 Å². The van der Waals surface area contributed by atoms with Crippen LogP contribution in [0.2, 0.25) is 0 Å². The Morgan fingerprint density at radius 3 is 2.52 bits per heavy atom. The van der Waals surface area contributed by atoms with Crippen LogP contribution in [0.15, 0.2) is 29.3 Å². The Morgan fingerprint density at radius 2 is 1.92 bits per heavy atom. The molecule has 0 aromatic heterocycles. The zero-order chi connectivity index (χ0) is 18.2. The van der Waals surface area contributed by atoms with Crippen LogP contribution in [-0.4, -0.2) is 60.5 Å². The molecule has 1 aliphatic heterocycles. The zero-order valence-corrected chi connectivity index (χ0v) is 15.8. The molecular formula is C19H30N4O2. The predicted octanol–water partition coefficient (Wildman–Crippen LogP) is 2.10. The summed E-state index contributed by atoms with van der Waals surface area (Å²) in [4.78, 5) is 20.3. The molecule has 0 radical (unpaired) electrons. The molecule has 1 N–H and O–H groups in total. The first kappa shape index (κ1) is 19.1. The van der Waals surface area contributed by atoms with Gasteiger partial charge in [-0.15, -0.1) is 0 Å². The molecule has 1 aliphatic rings. The highest BCUT2D eigenvalue weighted by Gasteiger charge is 2.20. The van der Waals surface area contributed by atoms with Crippen molar-refractivity contribution in [3.63, 3.8) is 0 Å². The number of rotatable bonds is 5. The van der Waals surface area contributed by atoms with Gasteiger partial charge in [-0.25, -0.2) is 4.99 Å². The van der Waals surface area contributed by atoms with Crippen molar-refractivity contribution in [3.8, 4) is 5.75 Å². The van der Waals surface area contributed by atoms with Gasteiger partial charge >= 0.3 is 0 Å². The van der Waals surface area contributed by atoms with E-state index < -0.39 is 0 Å². The summed E-state index contributed by atoms with van der Waals surface area (Å²) < 4.78 is 5.75. The standard InChI is InChI=1S/C19H30N4O2/c1-5-20-19(23-11-9-22(10-12-23)16(4)24)21-14-17-7-6-8-18(13-17)25-15(2)3/h6-8,13,15H,5,9-12,14H2,1-4H3,(H,20,21). The number of carbonyl (C=O) groups is 1. The fourth-order valence-corrected chi connectivity index (χ4v) is 2.81. The Labute approximate surface area is 150 Å². The third-order valence-corrected chi connectivity index (χ3v) is 4.04. The van der Waals surface area contributed by atoms with Crippen molar-refractivity contribution in [2.75, 3.05) is 32.7 Å². The van der Waals surface area contributed by atoms with Gasteiger partial charge in [-0.2, -0.15) is 0 Å². The lowest BCUT2D eigenvalue weighted by Gasteiger charge is -2.36. The minimum Gasteiger partial charge on any atom is -0.491 e. The first-order valence-electron chi connectivity index (χ1n) is 9.04. The predicted molar refractivity (Wildman–Crippen MR) is 101 cm³/mol. The minimum absolute atomic E-state index is 0.142. The van der Waals surface area contributed by atoms with Crippen LogP contribution < -0.4 is 10.1 Å². The van der Waals surface area contributed by atoms with E-state index in [0.717, 1.165) is 50.0 Å². The smallest absolute Gasteiger partial charge is 0.219 e. The van der Waals surface area contributed by atoms with Crippen molar-refractivity contribution in [2.45, 2.75) is 40.3 Å². The Morgan fingerprint density at radius 1 is 1.24 bits per heavy atom. The topological polar surface area (TPSA) is 57.2 Å². The Kier molecular flexibility index (Phi) is 7.10. The molecule has 0 unspecified atom stereocenters. The highest BCUT2D eigenvalue weighted by Crippen LogP contribution is 2.16. The van der Waals surface area contributed by atoms with E-state index in [4.69, 9.17) is 9.73 Å². The first-order valence-corrected chi connectivity index (χ1v) is 9.04. The maximum atomic E-state index is 11.5. The Hall–Kier alpha value is -2.24. The number of nitrogens with zero attached hydrogens (tertiary/aromatic N) is 3. The third kappa shape index (κ3) is 5.96. The summed E-state index contributed by atoms with van der Waals surface area (Å²) in [5.74, 6) is 1.92. The summed E-state index contributed by atoms with van der Waals surface area (Å²) in [6.45, 7) is 12.3. The summed E-state index contributed by atoms with van der Waals surface area (Å²) in [5, 5.41) is 3.35. The van der Waals surface area contributed by atoms with Crippen LogP contribution in [-0.2, 0) is 11.3 Å². The lowest BCUT2D eigenvalue weighted by Crippen LogP contribution is -2.53. The molecule has 138 valence electrons. The van der Waals surface area contributed by atoms with Crippen LogP contribution in [0.4, 0.5) is 0 Å². The number of benzene rings is 1. The average molecular weight is 346 g/mol. The van der Waals surface area contributed by atoms with E-state index in [1.807, 2.05) is 36.9 Å². The first-order chi connectivity index (χ1) is 12.0. The molecule has 0 atom stereocenters. The average Bonchev–Trinajstić information content (AvgIpc) is 2.58. The minimum atomic E-state index is 0.142. The highest BCUT2D eigenvalue weighted by molar-refractivity contribution is 5.80. The van der Waals surface area contributed by atoms with Crippen LogP contribution in [0.5, 0.6) is 5.75 Å². The van der Waals surface area contributed by atoms with Crippen molar-refractivity contribution in [3.05, 3.63) is 29.8 Å². The Bertz CT molecular complexity index is 593. The van der Waals surface area contributed by atoms with Gasteiger partial charge in [-0.05, 0) is 38.5 Å². The van der Waals surface area contributed by atoms with Crippen LogP contribution >= 0.6 is 0 Å². The second-order valence-corrected chi connectivity index (χ2v) is 6.48. The lowest BCUT2D eigenvalue weighted by molar-refractivity contribution is -0.130. The zero-order valence-electron chi connectivity index (χ0n) is 15.8. The number of carbonyl (C=O) groups excluding carboxylic acids is 1. The van der Waals surface area contributed by atoms with Gasteiger partial charge in [0.1, 0.15) is 5.75 Å². The van der Waals surface area contributed by atoms with Gasteiger partial charge < -0.3 is 19.9 Å². The lowest BCUT2D eigenvalue weighted by atomic mass is 10.2. The van der Waals surface area contributed by atoms with Gasteiger partial charge in [0.05, 0.1) is 12.6 Å². The molecule has 1 fully saturated rings. The van der Waals surface area contributed by atoms with Crippen molar-refractivity contribution >= 4 is 11.9 Å². The summed E-state index contributed by atoms with van der Waals surface area (Å²) >= 11 is 0. The van der Waals surface area contributed by atoms with Crippen molar-refractivity contribution in [2.24, 2.45) is 4.99 Å². The van der Waals surface area contributed by atoms with E-state index in [1.54, 1.807) is 6.92 Å². The molecule has 0 saturated carbocycles. The van der Waals surface area contributed by atoms with Gasteiger partial charge in [0.15, 0.2) is 5.96 Å². The molecule has 0 spiro atoms. The number of hydrogen-bond acceptors (Lipinski definition) is 3. The number of guanidine groups is 1. The fourth-order valence-electron chi connectivity index (χ4n) is 2.81. The van der Waals surface area contributed by atoms with E-state index >= 15 is 0 Å². The number of piperazine rings is 1. The monoisotopic (exact) mass is 346 g/mol. The molecule has 25 heavy (non-hydrogen) atoms. The number of hydrogen-bond donors (Lipinski definition) is 1. The molecule has 1 aromatic rings. The van der Waals surface area contributed by atoms with Crippen molar-refractivity contribution in [1.82, 2.24) is 15.1 Å². The molecule has 0 bridgehead atoms. The molecule has 1 aromatic carbocycles. The SMILES string of the molecule is CCNC(=NCc1cccc(OC(C)C)c1)N1CCN(C(C)=O)CC1. The van der Waals surface area contributed by atoms with Crippen molar-refractivity contribution < 1.29 is 9.53 Å². The Balaban J connectivity index is 2.01. The molecule has 0 aliphatic carbocycles. The van der Waals surface area contributed by atoms with Gasteiger partial charge in [-0.3, -0.25) is 4.79 Å². The maximum Gasteiger partial charge on any atom is 0.219 e. The van der Waals surface area contributed by atoms with Crippen LogP contribution in [0.25, 0.3) is 0 Å². The second-order valence-electron chi connectivity index (χ2n) is 6.48. The van der Waals surface area contributed by atoms with Crippen molar-refractivity contribution in [1.29, 1.82) is 0 Å². The van der Waals surface area contributed by atoms with E-state index in [1.165, 1.54) is 0 Å². The maximum absolute atomic E-state index is 11.5. The van der Waals surface area contributed by atoms with E-state index in [-0.39, 0.29) is 12.0 Å². The van der Waals surface area contributed by atoms with E-state index in [2.05, 4.69) is 23.2 Å². The number of nitrogens with one attached hydrogen (secondary N) is 1. The van der Waals surface area contributed by atoms with Crippen LogP contribution in [0, 0.1) is 0 Å². The molecule has 6 nitrogen and oxygen atoms in total. The summed E-state index contributed by atoms with van der Waals surface area (Å²) in [5.41, 5.74) is 1.12. The molecule has 1 saturated heterocycles. The number of amides is 1. The normalized spacial score (nSPS) is 15.5.